The van der Waals surface area contributed by atoms with Gasteiger partial charge in [0.15, 0.2) is 6.10 Å². The van der Waals surface area contributed by atoms with Crippen molar-refractivity contribution in [1.29, 1.82) is 0 Å². The average molecular weight is 298 g/mol. The van der Waals surface area contributed by atoms with Gasteiger partial charge < -0.3 is 15.8 Å². The third-order valence-electron chi connectivity index (χ3n) is 3.14. The Morgan fingerprint density at radius 1 is 1.09 bits per heavy atom. The molecular formula is C17H18N2O3. The molecule has 0 heterocycles. The van der Waals surface area contributed by atoms with E-state index in [1.165, 1.54) is 0 Å². The van der Waals surface area contributed by atoms with Gasteiger partial charge in [-0.25, -0.2) is 0 Å². The molecule has 0 radical (unpaired) electrons. The predicted octanol–water partition coefficient (Wildman–Crippen LogP) is 2.58. The maximum Gasteiger partial charge on any atom is 0.265 e. The minimum atomic E-state index is -0.650. The van der Waals surface area contributed by atoms with Gasteiger partial charge in [0.2, 0.25) is 0 Å². The van der Waals surface area contributed by atoms with Crippen LogP contribution in [0.15, 0.2) is 54.6 Å². The second-order valence-corrected chi connectivity index (χ2v) is 4.73. The molecule has 0 aliphatic heterocycles. The zero-order chi connectivity index (χ0) is 15.9. The van der Waals surface area contributed by atoms with Gasteiger partial charge in [0.1, 0.15) is 5.75 Å². The molecule has 2 aromatic rings. The van der Waals surface area contributed by atoms with E-state index in [4.69, 9.17) is 10.5 Å². The summed E-state index contributed by atoms with van der Waals surface area (Å²) < 4.78 is 5.67. The molecule has 0 saturated carbocycles. The highest BCUT2D eigenvalue weighted by molar-refractivity contribution is 6.04. The Balaban J connectivity index is 2.11. The van der Waals surface area contributed by atoms with Crippen molar-refractivity contribution in [3.63, 3.8) is 0 Å². The van der Waals surface area contributed by atoms with E-state index in [0.717, 1.165) is 0 Å². The Labute approximate surface area is 129 Å². The van der Waals surface area contributed by atoms with Gasteiger partial charge in [0, 0.05) is 0 Å². The molecule has 2 amide bonds. The second kappa shape index (κ2) is 7.26. The van der Waals surface area contributed by atoms with E-state index in [1.807, 2.05) is 25.1 Å². The fraction of sp³-hybridized carbons (Fsp3) is 0.176. The van der Waals surface area contributed by atoms with Crippen LogP contribution in [0.3, 0.4) is 0 Å². The Morgan fingerprint density at radius 3 is 2.36 bits per heavy atom. The van der Waals surface area contributed by atoms with Crippen LogP contribution in [0, 0.1) is 0 Å². The van der Waals surface area contributed by atoms with Gasteiger partial charge in [-0.15, -0.1) is 0 Å². The van der Waals surface area contributed by atoms with Crippen molar-refractivity contribution in [2.45, 2.75) is 19.4 Å². The Hall–Kier alpha value is -2.82. The van der Waals surface area contributed by atoms with Crippen molar-refractivity contribution in [2.24, 2.45) is 5.73 Å². The van der Waals surface area contributed by atoms with E-state index in [9.17, 15) is 9.59 Å². The minimum Gasteiger partial charge on any atom is -0.481 e. The summed E-state index contributed by atoms with van der Waals surface area (Å²) in [5.41, 5.74) is 5.95. The summed E-state index contributed by atoms with van der Waals surface area (Å²) in [5.74, 6) is -0.291. The van der Waals surface area contributed by atoms with Crippen LogP contribution in [0.5, 0.6) is 5.75 Å². The highest BCUT2D eigenvalue weighted by Crippen LogP contribution is 2.17. The van der Waals surface area contributed by atoms with Gasteiger partial charge in [-0.1, -0.05) is 37.3 Å². The van der Waals surface area contributed by atoms with E-state index in [0.29, 0.717) is 17.9 Å². The van der Waals surface area contributed by atoms with Gasteiger partial charge in [-0.05, 0) is 30.7 Å². The van der Waals surface area contributed by atoms with Crippen molar-refractivity contribution in [1.82, 2.24) is 0 Å². The number of amides is 2. The number of carbonyl (C=O) groups excluding carboxylic acids is 2. The van der Waals surface area contributed by atoms with Gasteiger partial charge in [0.25, 0.3) is 11.8 Å². The molecule has 0 saturated heterocycles. The molecule has 0 aromatic heterocycles. The molecule has 2 rings (SSSR count). The molecule has 2 aromatic carbocycles. The molecule has 0 bridgehead atoms. The number of rotatable bonds is 6. The molecule has 22 heavy (non-hydrogen) atoms. The van der Waals surface area contributed by atoms with Crippen LogP contribution in [0.2, 0.25) is 0 Å². The summed E-state index contributed by atoms with van der Waals surface area (Å²) in [4.78, 5) is 23.7. The third kappa shape index (κ3) is 3.85. The van der Waals surface area contributed by atoms with Gasteiger partial charge >= 0.3 is 0 Å². The van der Waals surface area contributed by atoms with Crippen molar-refractivity contribution < 1.29 is 14.3 Å². The first-order valence-corrected chi connectivity index (χ1v) is 7.03. The summed E-state index contributed by atoms with van der Waals surface area (Å²) in [6.45, 7) is 1.85. The number of hydrogen-bond donors (Lipinski definition) is 2. The van der Waals surface area contributed by atoms with Crippen LogP contribution in [-0.2, 0) is 4.79 Å². The largest absolute Gasteiger partial charge is 0.481 e. The molecule has 0 aliphatic rings. The van der Waals surface area contributed by atoms with E-state index in [1.54, 1.807) is 36.4 Å². The van der Waals surface area contributed by atoms with Crippen molar-refractivity contribution >= 4 is 17.5 Å². The summed E-state index contributed by atoms with van der Waals surface area (Å²) in [7, 11) is 0. The first-order chi connectivity index (χ1) is 10.6. The first kappa shape index (κ1) is 15.6. The summed E-state index contributed by atoms with van der Waals surface area (Å²) in [6.07, 6.45) is -0.150. The van der Waals surface area contributed by atoms with Gasteiger partial charge in [-0.2, -0.15) is 0 Å². The highest BCUT2D eigenvalue weighted by atomic mass is 16.5. The number of para-hydroxylation sites is 2. The number of nitrogens with two attached hydrogens (primary N) is 1. The molecular weight excluding hydrogens is 280 g/mol. The highest BCUT2D eigenvalue weighted by Gasteiger charge is 2.20. The standard InChI is InChI=1S/C17H18N2O3/c1-2-15(22-12-8-4-3-5-9-12)17(21)19-14-11-7-6-10-13(14)16(18)20/h3-11,15H,2H2,1H3,(H2,18,20)(H,19,21)/t15-/m0/s1. The summed E-state index contributed by atoms with van der Waals surface area (Å²) in [6, 6.07) is 15.7. The lowest BCUT2D eigenvalue weighted by atomic mass is 10.1. The molecule has 0 spiro atoms. The minimum absolute atomic E-state index is 0.269. The molecule has 0 fully saturated rings. The van der Waals surface area contributed by atoms with Crippen LogP contribution in [0.25, 0.3) is 0 Å². The number of hydrogen-bond acceptors (Lipinski definition) is 3. The van der Waals surface area contributed by atoms with E-state index in [-0.39, 0.29) is 11.5 Å². The number of nitrogens with one attached hydrogen (secondary N) is 1. The number of ether oxygens (including phenoxy) is 1. The molecule has 114 valence electrons. The second-order valence-electron chi connectivity index (χ2n) is 4.73. The van der Waals surface area contributed by atoms with Gasteiger partial charge in [-0.3, -0.25) is 9.59 Å². The van der Waals surface area contributed by atoms with Crippen molar-refractivity contribution in [2.75, 3.05) is 5.32 Å². The molecule has 0 unspecified atom stereocenters. The number of primary amides is 1. The number of benzene rings is 2. The van der Waals surface area contributed by atoms with E-state index in [2.05, 4.69) is 5.32 Å². The van der Waals surface area contributed by atoms with Crippen LogP contribution in [0.4, 0.5) is 5.69 Å². The summed E-state index contributed by atoms with van der Waals surface area (Å²) in [5, 5.41) is 2.70. The fourth-order valence-electron chi connectivity index (χ4n) is 2.01. The average Bonchev–Trinajstić information content (AvgIpc) is 2.53. The lowest BCUT2D eigenvalue weighted by molar-refractivity contribution is -0.122. The smallest absolute Gasteiger partial charge is 0.265 e. The Morgan fingerprint density at radius 2 is 1.73 bits per heavy atom. The topological polar surface area (TPSA) is 81.4 Å². The quantitative estimate of drug-likeness (QED) is 0.860. The van der Waals surface area contributed by atoms with E-state index < -0.39 is 12.0 Å². The first-order valence-electron chi connectivity index (χ1n) is 7.03. The monoisotopic (exact) mass is 298 g/mol. The predicted molar refractivity (Wildman–Crippen MR) is 84.7 cm³/mol. The Kier molecular flexibility index (Phi) is 5.14. The third-order valence-corrected chi connectivity index (χ3v) is 3.14. The molecule has 5 heteroatoms. The van der Waals surface area contributed by atoms with Crippen LogP contribution >= 0.6 is 0 Å². The number of carbonyl (C=O) groups is 2. The molecule has 5 nitrogen and oxygen atoms in total. The number of anilines is 1. The van der Waals surface area contributed by atoms with Crippen LogP contribution in [0.1, 0.15) is 23.7 Å². The molecule has 3 N–H and O–H groups in total. The SMILES string of the molecule is CC[C@H](Oc1ccccc1)C(=O)Nc1ccccc1C(N)=O. The van der Waals surface area contributed by atoms with Crippen LogP contribution < -0.4 is 15.8 Å². The van der Waals surface area contributed by atoms with E-state index >= 15 is 0 Å². The lowest BCUT2D eigenvalue weighted by Crippen LogP contribution is -2.33. The molecule has 0 aliphatic carbocycles. The van der Waals surface area contributed by atoms with Crippen molar-refractivity contribution in [3.05, 3.63) is 60.2 Å². The van der Waals surface area contributed by atoms with Crippen LogP contribution in [-0.4, -0.2) is 17.9 Å². The maximum atomic E-state index is 12.3. The molecule has 1 atom stereocenters. The fourth-order valence-corrected chi connectivity index (χ4v) is 2.01. The Bertz CT molecular complexity index is 656. The van der Waals surface area contributed by atoms with Gasteiger partial charge in [0.05, 0.1) is 11.3 Å². The maximum absolute atomic E-state index is 12.3. The zero-order valence-corrected chi connectivity index (χ0v) is 12.3. The normalized spacial score (nSPS) is 11.5. The zero-order valence-electron chi connectivity index (χ0n) is 12.3. The van der Waals surface area contributed by atoms with Crippen molar-refractivity contribution in [3.8, 4) is 5.75 Å². The summed E-state index contributed by atoms with van der Waals surface area (Å²) >= 11 is 0. The lowest BCUT2D eigenvalue weighted by Gasteiger charge is -2.18.